The Kier molecular flexibility index (Phi) is 6.12. The molecule has 0 spiro atoms. The summed E-state index contributed by atoms with van der Waals surface area (Å²) in [5.41, 5.74) is 0.170. The van der Waals surface area contributed by atoms with Crippen LogP contribution in [0.2, 0.25) is 0 Å². The molecule has 0 radical (unpaired) electrons. The maximum absolute atomic E-state index is 12.3. The molecule has 0 aliphatic rings. The van der Waals surface area contributed by atoms with E-state index >= 15 is 0 Å². The number of amides is 1. The van der Waals surface area contributed by atoms with Gasteiger partial charge in [-0.15, -0.1) is 0 Å². The van der Waals surface area contributed by atoms with Crippen molar-refractivity contribution < 1.29 is 23.1 Å². The summed E-state index contributed by atoms with van der Waals surface area (Å²) in [5.74, 6) is -1.65. The van der Waals surface area contributed by atoms with E-state index in [4.69, 9.17) is 5.11 Å². The topological polar surface area (TPSA) is 117 Å². The van der Waals surface area contributed by atoms with Gasteiger partial charge in [0.1, 0.15) is 16.6 Å². The Balaban J connectivity index is 3.03. The summed E-state index contributed by atoms with van der Waals surface area (Å²) in [6, 6.07) is 0.0218. The van der Waals surface area contributed by atoms with Crippen LogP contribution in [0.25, 0.3) is 0 Å². The number of carbonyl (C=O) groups excluding carboxylic acids is 1. The molecule has 0 saturated carbocycles. The maximum atomic E-state index is 12.3. The molecule has 8 nitrogen and oxygen atoms in total. The molecule has 1 rings (SSSR count). The van der Waals surface area contributed by atoms with Crippen LogP contribution in [-0.4, -0.2) is 43.1 Å². The van der Waals surface area contributed by atoms with Crippen LogP contribution in [0.5, 0.6) is 0 Å². The summed E-state index contributed by atoms with van der Waals surface area (Å²) in [6.07, 6.45) is 2.83. The van der Waals surface area contributed by atoms with Gasteiger partial charge in [0.2, 0.25) is 10.0 Å². The second kappa shape index (κ2) is 7.41. The first-order valence-corrected chi connectivity index (χ1v) is 8.34. The van der Waals surface area contributed by atoms with E-state index in [9.17, 15) is 18.0 Å². The smallest absolute Gasteiger partial charge is 0.321 e. The summed E-state index contributed by atoms with van der Waals surface area (Å²) >= 11 is 0. The highest BCUT2D eigenvalue weighted by atomic mass is 32.2. The first-order chi connectivity index (χ1) is 10.2. The van der Waals surface area contributed by atoms with Crippen LogP contribution in [0, 0.1) is 0 Å². The lowest BCUT2D eigenvalue weighted by molar-refractivity contribution is -0.139. The zero-order valence-electron chi connectivity index (χ0n) is 12.8. The van der Waals surface area contributed by atoms with Crippen molar-refractivity contribution in [3.8, 4) is 0 Å². The average molecular weight is 331 g/mol. The van der Waals surface area contributed by atoms with Crippen LogP contribution in [0.15, 0.2) is 17.2 Å². The fourth-order valence-corrected chi connectivity index (χ4v) is 3.22. The van der Waals surface area contributed by atoms with Gasteiger partial charge < -0.3 is 15.0 Å². The third-order valence-electron chi connectivity index (χ3n) is 3.19. The monoisotopic (exact) mass is 331 g/mol. The van der Waals surface area contributed by atoms with Gasteiger partial charge in [-0.2, -0.15) is 4.72 Å². The molecule has 0 aliphatic heterocycles. The molecule has 0 saturated heterocycles. The third-order valence-corrected chi connectivity index (χ3v) is 4.63. The quantitative estimate of drug-likeness (QED) is 0.633. The second-order valence-corrected chi connectivity index (χ2v) is 6.62. The van der Waals surface area contributed by atoms with Crippen molar-refractivity contribution in [1.82, 2.24) is 14.6 Å². The highest BCUT2D eigenvalue weighted by Crippen LogP contribution is 2.15. The molecule has 3 N–H and O–H groups in total. The standard InChI is InChI=1S/C13H21N3O5S/c1-4-5-6-10(13(18)19)15-22(20,21)9-7-11(12(17)14-2)16(3)8-9/h7-8,10,15H,4-6H2,1-3H3,(H,14,17)(H,18,19). The SMILES string of the molecule is CCCCC(NS(=O)(=O)c1cc(C(=O)NC)n(C)c1)C(=O)O. The molecule has 0 aromatic carbocycles. The van der Waals surface area contributed by atoms with Gasteiger partial charge in [0, 0.05) is 20.3 Å². The van der Waals surface area contributed by atoms with Crippen LogP contribution in [0.4, 0.5) is 0 Å². The number of aromatic nitrogens is 1. The molecule has 124 valence electrons. The van der Waals surface area contributed by atoms with Crippen LogP contribution in [-0.2, 0) is 21.9 Å². The Hall–Kier alpha value is -1.87. The van der Waals surface area contributed by atoms with E-state index in [0.29, 0.717) is 6.42 Å². The number of hydrogen-bond donors (Lipinski definition) is 3. The van der Waals surface area contributed by atoms with Gasteiger partial charge in [0.15, 0.2) is 0 Å². The molecule has 1 heterocycles. The van der Waals surface area contributed by atoms with Crippen molar-refractivity contribution in [2.75, 3.05) is 7.05 Å². The van der Waals surface area contributed by atoms with Crippen LogP contribution in [0.3, 0.4) is 0 Å². The molecule has 0 bridgehead atoms. The normalized spacial score (nSPS) is 12.9. The molecule has 1 unspecified atom stereocenters. The van der Waals surface area contributed by atoms with Crippen LogP contribution < -0.4 is 10.0 Å². The molecule has 22 heavy (non-hydrogen) atoms. The number of rotatable bonds is 8. The molecule has 9 heteroatoms. The Morgan fingerprint density at radius 1 is 1.41 bits per heavy atom. The zero-order valence-corrected chi connectivity index (χ0v) is 13.6. The maximum Gasteiger partial charge on any atom is 0.321 e. The zero-order chi connectivity index (χ0) is 16.9. The summed E-state index contributed by atoms with van der Waals surface area (Å²) in [5, 5.41) is 11.5. The number of carbonyl (C=O) groups is 2. The van der Waals surface area contributed by atoms with E-state index in [1.165, 1.54) is 30.9 Å². The van der Waals surface area contributed by atoms with Crippen LogP contribution in [0.1, 0.15) is 36.7 Å². The first kappa shape index (κ1) is 18.2. The number of carboxylic acids is 1. The Morgan fingerprint density at radius 3 is 2.55 bits per heavy atom. The number of nitrogens with zero attached hydrogens (tertiary/aromatic N) is 1. The number of unbranched alkanes of at least 4 members (excludes halogenated alkanes) is 1. The van der Waals surface area contributed by atoms with E-state index in [-0.39, 0.29) is 17.0 Å². The predicted octanol–water partition coefficient (Wildman–Crippen LogP) is 0.306. The van der Waals surface area contributed by atoms with Crippen molar-refractivity contribution in [2.24, 2.45) is 7.05 Å². The Labute approximate surface area is 129 Å². The first-order valence-electron chi connectivity index (χ1n) is 6.86. The van der Waals surface area contributed by atoms with Gasteiger partial charge in [0.25, 0.3) is 5.91 Å². The molecule has 1 amide bonds. The molecule has 1 aromatic heterocycles. The van der Waals surface area contributed by atoms with Gasteiger partial charge >= 0.3 is 5.97 Å². The molecular weight excluding hydrogens is 310 g/mol. The van der Waals surface area contributed by atoms with Gasteiger partial charge in [-0.3, -0.25) is 9.59 Å². The molecule has 0 aliphatic carbocycles. The third kappa shape index (κ3) is 4.31. The van der Waals surface area contributed by atoms with Gasteiger partial charge in [-0.25, -0.2) is 8.42 Å². The average Bonchev–Trinajstić information content (AvgIpc) is 2.85. The molecular formula is C13H21N3O5S. The van der Waals surface area contributed by atoms with E-state index in [2.05, 4.69) is 10.0 Å². The van der Waals surface area contributed by atoms with Gasteiger partial charge in [-0.05, 0) is 12.5 Å². The van der Waals surface area contributed by atoms with Crippen LogP contribution >= 0.6 is 0 Å². The van der Waals surface area contributed by atoms with Gasteiger partial charge in [0.05, 0.1) is 0 Å². The number of nitrogens with one attached hydrogen (secondary N) is 2. The van der Waals surface area contributed by atoms with E-state index in [1.807, 2.05) is 6.92 Å². The van der Waals surface area contributed by atoms with Crippen molar-refractivity contribution in [3.05, 3.63) is 18.0 Å². The number of hydrogen-bond acceptors (Lipinski definition) is 4. The van der Waals surface area contributed by atoms with E-state index in [1.54, 1.807) is 0 Å². The van der Waals surface area contributed by atoms with Crippen molar-refractivity contribution >= 4 is 21.9 Å². The minimum absolute atomic E-state index is 0.142. The molecule has 1 aromatic rings. The summed E-state index contributed by atoms with van der Waals surface area (Å²) < 4.78 is 28.1. The predicted molar refractivity (Wildman–Crippen MR) is 80.1 cm³/mol. The molecule has 0 fully saturated rings. The van der Waals surface area contributed by atoms with E-state index in [0.717, 1.165) is 6.42 Å². The highest BCUT2D eigenvalue weighted by Gasteiger charge is 2.26. The number of aliphatic carboxylic acids is 1. The second-order valence-electron chi connectivity index (χ2n) is 4.91. The fraction of sp³-hybridized carbons (Fsp3) is 0.538. The Morgan fingerprint density at radius 2 is 2.05 bits per heavy atom. The highest BCUT2D eigenvalue weighted by molar-refractivity contribution is 7.89. The minimum atomic E-state index is -4.01. The van der Waals surface area contributed by atoms with E-state index < -0.39 is 27.9 Å². The lowest BCUT2D eigenvalue weighted by Crippen LogP contribution is -2.40. The molecule has 1 atom stereocenters. The Bertz CT molecular complexity index is 651. The number of sulfonamides is 1. The van der Waals surface area contributed by atoms with Gasteiger partial charge in [-0.1, -0.05) is 19.8 Å². The van der Waals surface area contributed by atoms with Crippen molar-refractivity contribution in [2.45, 2.75) is 37.1 Å². The fourth-order valence-electron chi connectivity index (χ4n) is 1.93. The summed E-state index contributed by atoms with van der Waals surface area (Å²) in [6.45, 7) is 1.89. The number of carboxylic acid groups (broad SMARTS) is 1. The number of aryl methyl sites for hydroxylation is 1. The summed E-state index contributed by atoms with van der Waals surface area (Å²) in [4.78, 5) is 22.6. The van der Waals surface area contributed by atoms with Crippen molar-refractivity contribution in [1.29, 1.82) is 0 Å². The van der Waals surface area contributed by atoms with Crippen molar-refractivity contribution in [3.63, 3.8) is 0 Å². The summed E-state index contributed by atoms with van der Waals surface area (Å²) in [7, 11) is -1.04. The largest absolute Gasteiger partial charge is 0.480 e. The lowest BCUT2D eigenvalue weighted by Gasteiger charge is -2.13. The lowest BCUT2D eigenvalue weighted by atomic mass is 10.1. The minimum Gasteiger partial charge on any atom is -0.480 e.